The van der Waals surface area contributed by atoms with E-state index >= 15 is 0 Å². The number of nitriles is 1. The van der Waals surface area contributed by atoms with Crippen LogP contribution in [0.15, 0.2) is 28.7 Å². The molecule has 0 aromatic heterocycles. The summed E-state index contributed by atoms with van der Waals surface area (Å²) in [5.74, 6) is -0.0647. The smallest absolute Gasteiger partial charge is 0.236 e. The minimum Gasteiger partial charge on any atom is -0.371 e. The highest BCUT2D eigenvalue weighted by atomic mass is 79.9. The van der Waals surface area contributed by atoms with Crippen LogP contribution in [-0.4, -0.2) is 55.0 Å². The Kier molecular flexibility index (Phi) is 7.22. The van der Waals surface area contributed by atoms with Crippen molar-refractivity contribution in [3.05, 3.63) is 34.3 Å². The lowest BCUT2D eigenvalue weighted by Gasteiger charge is -2.34. The molecule has 1 saturated heterocycles. The maximum absolute atomic E-state index is 12.5. The van der Waals surface area contributed by atoms with Gasteiger partial charge in [0.25, 0.3) is 0 Å². The van der Waals surface area contributed by atoms with Crippen LogP contribution >= 0.6 is 15.9 Å². The Labute approximate surface area is 152 Å². The Balaban J connectivity index is 1.93. The van der Waals surface area contributed by atoms with Crippen LogP contribution in [-0.2, 0) is 9.53 Å². The average Bonchev–Trinajstić information content (AvgIpc) is 2.60. The molecule has 0 saturated carbocycles. The van der Waals surface area contributed by atoms with Crippen LogP contribution in [0.1, 0.15) is 25.5 Å². The number of nitrogens with zero attached hydrogens (tertiary/aromatic N) is 3. The molecule has 1 amide bonds. The Bertz CT molecular complexity index is 585. The molecule has 1 aromatic rings. The van der Waals surface area contributed by atoms with E-state index in [1.807, 2.05) is 38.1 Å². The third-order valence-electron chi connectivity index (χ3n) is 4.20. The minimum atomic E-state index is -0.144. The third-order valence-corrected chi connectivity index (χ3v) is 4.73. The molecular formula is C18H24BrN3O2. The molecule has 130 valence electrons. The van der Waals surface area contributed by atoms with Crippen molar-refractivity contribution < 1.29 is 9.53 Å². The van der Waals surface area contributed by atoms with Gasteiger partial charge in [-0.15, -0.1) is 0 Å². The number of carbonyl (C=O) groups is 1. The lowest BCUT2D eigenvalue weighted by molar-refractivity contribution is -0.134. The number of benzene rings is 1. The van der Waals surface area contributed by atoms with Gasteiger partial charge in [0.2, 0.25) is 5.91 Å². The van der Waals surface area contributed by atoms with Crippen LogP contribution < -0.4 is 0 Å². The first-order chi connectivity index (χ1) is 11.5. The molecule has 2 rings (SSSR count). The van der Waals surface area contributed by atoms with Gasteiger partial charge < -0.3 is 9.64 Å². The zero-order chi connectivity index (χ0) is 17.5. The van der Waals surface area contributed by atoms with E-state index in [0.29, 0.717) is 32.8 Å². The Morgan fingerprint density at radius 1 is 1.50 bits per heavy atom. The number of rotatable bonds is 6. The summed E-state index contributed by atoms with van der Waals surface area (Å²) >= 11 is 3.44. The molecular weight excluding hydrogens is 370 g/mol. The highest BCUT2D eigenvalue weighted by Crippen LogP contribution is 2.23. The minimum absolute atomic E-state index is 0.00670. The van der Waals surface area contributed by atoms with Crippen molar-refractivity contribution >= 4 is 21.8 Å². The van der Waals surface area contributed by atoms with Crippen LogP contribution in [0.5, 0.6) is 0 Å². The van der Waals surface area contributed by atoms with Gasteiger partial charge in [0.05, 0.1) is 31.2 Å². The molecule has 24 heavy (non-hydrogen) atoms. The molecule has 1 aromatic carbocycles. The third kappa shape index (κ3) is 5.30. The summed E-state index contributed by atoms with van der Waals surface area (Å²) in [6.07, 6.45) is -0.00670. The van der Waals surface area contributed by atoms with Crippen LogP contribution in [0.25, 0.3) is 0 Å². The Morgan fingerprint density at radius 3 is 2.83 bits per heavy atom. The summed E-state index contributed by atoms with van der Waals surface area (Å²) in [4.78, 5) is 16.4. The SMILES string of the molecule is CCN(C[C@@H](C)C#N)C(=O)CN1CCO[C@H](c2ccc(Br)cc2)C1. The van der Waals surface area contributed by atoms with Crippen molar-refractivity contribution in [2.24, 2.45) is 5.92 Å². The zero-order valence-electron chi connectivity index (χ0n) is 14.2. The number of ether oxygens (including phenoxy) is 1. The number of amides is 1. The average molecular weight is 394 g/mol. The van der Waals surface area contributed by atoms with E-state index in [4.69, 9.17) is 10.00 Å². The van der Waals surface area contributed by atoms with E-state index in [2.05, 4.69) is 26.9 Å². The summed E-state index contributed by atoms with van der Waals surface area (Å²) in [6, 6.07) is 10.3. The van der Waals surface area contributed by atoms with E-state index in [-0.39, 0.29) is 17.9 Å². The lowest BCUT2D eigenvalue weighted by Crippen LogP contribution is -2.46. The van der Waals surface area contributed by atoms with E-state index in [0.717, 1.165) is 16.6 Å². The standard InChI is InChI=1S/C18H24BrN3O2/c1-3-22(11-14(2)10-20)18(23)13-21-8-9-24-17(12-21)15-4-6-16(19)7-5-15/h4-7,14,17H,3,8-9,11-13H2,1-2H3/t14-,17-/m0/s1. The topological polar surface area (TPSA) is 56.6 Å². The summed E-state index contributed by atoms with van der Waals surface area (Å²) in [5, 5.41) is 8.94. The molecule has 0 spiro atoms. The largest absolute Gasteiger partial charge is 0.371 e. The van der Waals surface area contributed by atoms with Gasteiger partial charge in [-0.05, 0) is 31.5 Å². The first kappa shape index (κ1) is 18.9. The van der Waals surface area contributed by atoms with Crippen molar-refractivity contribution in [1.82, 2.24) is 9.80 Å². The summed E-state index contributed by atoms with van der Waals surface area (Å²) in [7, 11) is 0. The zero-order valence-corrected chi connectivity index (χ0v) is 15.8. The van der Waals surface area contributed by atoms with Gasteiger partial charge in [-0.2, -0.15) is 5.26 Å². The van der Waals surface area contributed by atoms with E-state index < -0.39 is 0 Å². The lowest BCUT2D eigenvalue weighted by atomic mass is 10.1. The fourth-order valence-corrected chi connectivity index (χ4v) is 3.06. The van der Waals surface area contributed by atoms with Gasteiger partial charge in [-0.25, -0.2) is 0 Å². The number of halogens is 1. The summed E-state index contributed by atoms with van der Waals surface area (Å²) in [6.45, 7) is 7.37. The van der Waals surface area contributed by atoms with E-state index in [1.54, 1.807) is 4.90 Å². The van der Waals surface area contributed by atoms with Crippen molar-refractivity contribution in [3.63, 3.8) is 0 Å². The highest BCUT2D eigenvalue weighted by Gasteiger charge is 2.25. The monoisotopic (exact) mass is 393 g/mol. The van der Waals surface area contributed by atoms with Crippen LogP contribution in [0.2, 0.25) is 0 Å². The number of likely N-dealkylation sites (N-methyl/N-ethyl adjacent to an activating group) is 1. The molecule has 1 fully saturated rings. The Hall–Kier alpha value is -1.42. The quantitative estimate of drug-likeness (QED) is 0.745. The van der Waals surface area contributed by atoms with Gasteiger partial charge in [0.15, 0.2) is 0 Å². The molecule has 0 N–H and O–H groups in total. The van der Waals surface area contributed by atoms with Gasteiger partial charge in [0.1, 0.15) is 0 Å². The van der Waals surface area contributed by atoms with Crippen LogP contribution in [0.3, 0.4) is 0 Å². The van der Waals surface area contributed by atoms with Crippen molar-refractivity contribution in [2.75, 3.05) is 39.3 Å². The molecule has 1 heterocycles. The normalized spacial score (nSPS) is 19.5. The predicted octanol–water partition coefficient (Wildman–Crippen LogP) is 2.83. The Morgan fingerprint density at radius 2 is 2.21 bits per heavy atom. The molecule has 0 unspecified atom stereocenters. The molecule has 0 bridgehead atoms. The fourth-order valence-electron chi connectivity index (χ4n) is 2.80. The molecule has 0 aliphatic carbocycles. The maximum Gasteiger partial charge on any atom is 0.236 e. The maximum atomic E-state index is 12.5. The molecule has 5 nitrogen and oxygen atoms in total. The van der Waals surface area contributed by atoms with Gasteiger partial charge >= 0.3 is 0 Å². The molecule has 6 heteroatoms. The molecule has 0 radical (unpaired) electrons. The first-order valence-corrected chi connectivity index (χ1v) is 9.09. The molecule has 1 aliphatic rings. The molecule has 1 aliphatic heterocycles. The summed E-state index contributed by atoms with van der Waals surface area (Å²) in [5.41, 5.74) is 1.13. The number of hydrogen-bond acceptors (Lipinski definition) is 4. The number of morpholine rings is 1. The molecule has 2 atom stereocenters. The number of hydrogen-bond donors (Lipinski definition) is 0. The second-order valence-electron chi connectivity index (χ2n) is 6.11. The summed E-state index contributed by atoms with van der Waals surface area (Å²) < 4.78 is 6.90. The highest BCUT2D eigenvalue weighted by molar-refractivity contribution is 9.10. The second kappa shape index (κ2) is 9.16. The fraction of sp³-hybridized carbons (Fsp3) is 0.556. The van der Waals surface area contributed by atoms with Crippen LogP contribution in [0, 0.1) is 17.2 Å². The predicted molar refractivity (Wildman–Crippen MR) is 96.3 cm³/mol. The number of carbonyl (C=O) groups excluding carboxylic acids is 1. The first-order valence-electron chi connectivity index (χ1n) is 8.30. The van der Waals surface area contributed by atoms with Crippen molar-refractivity contribution in [2.45, 2.75) is 20.0 Å². The van der Waals surface area contributed by atoms with Crippen molar-refractivity contribution in [1.29, 1.82) is 5.26 Å². The van der Waals surface area contributed by atoms with E-state index in [9.17, 15) is 4.79 Å². The van der Waals surface area contributed by atoms with Crippen molar-refractivity contribution in [3.8, 4) is 6.07 Å². The van der Waals surface area contributed by atoms with E-state index in [1.165, 1.54) is 0 Å². The van der Waals surface area contributed by atoms with Gasteiger partial charge in [-0.3, -0.25) is 9.69 Å². The van der Waals surface area contributed by atoms with Gasteiger partial charge in [0, 0.05) is 30.7 Å². The van der Waals surface area contributed by atoms with Crippen LogP contribution in [0.4, 0.5) is 0 Å². The second-order valence-corrected chi connectivity index (χ2v) is 7.02. The van der Waals surface area contributed by atoms with Gasteiger partial charge in [-0.1, -0.05) is 28.1 Å².